The fourth-order valence-electron chi connectivity index (χ4n) is 1.22. The maximum absolute atomic E-state index is 12.9. The van der Waals surface area contributed by atoms with Crippen molar-refractivity contribution < 1.29 is 9.12 Å². The molecular weight excluding hydrogens is 237 g/mol. The molecular formula is C9H5BrFNO. The number of halogens is 2. The summed E-state index contributed by atoms with van der Waals surface area (Å²) in [5.41, 5.74) is 0. The van der Waals surface area contributed by atoms with Crippen molar-refractivity contribution in [3.63, 3.8) is 0 Å². The first-order valence-electron chi connectivity index (χ1n) is 3.64. The number of rotatable bonds is 0. The summed E-state index contributed by atoms with van der Waals surface area (Å²) < 4.78 is 14.2. The smallest absolute Gasteiger partial charge is 0.188 e. The van der Waals surface area contributed by atoms with Crippen LogP contribution in [-0.4, -0.2) is 0 Å². The number of aromatic nitrogens is 1. The van der Waals surface area contributed by atoms with Gasteiger partial charge in [0.25, 0.3) is 0 Å². The van der Waals surface area contributed by atoms with Gasteiger partial charge in [0.15, 0.2) is 12.4 Å². The van der Waals surface area contributed by atoms with Crippen LogP contribution in [-0.2, 0) is 0 Å². The Morgan fingerprint density at radius 2 is 2.15 bits per heavy atom. The molecule has 0 bridgehead atoms. The average molecular weight is 242 g/mol. The molecule has 2 rings (SSSR count). The third-order valence-corrected chi connectivity index (χ3v) is 2.44. The molecule has 0 aliphatic rings. The monoisotopic (exact) mass is 241 g/mol. The second kappa shape index (κ2) is 2.96. The van der Waals surface area contributed by atoms with Crippen LogP contribution in [0.2, 0.25) is 0 Å². The Morgan fingerprint density at radius 1 is 1.38 bits per heavy atom. The minimum absolute atomic E-state index is 0.356. The van der Waals surface area contributed by atoms with E-state index in [0.717, 1.165) is 5.39 Å². The molecule has 0 N–H and O–H groups in total. The van der Waals surface area contributed by atoms with Crippen LogP contribution in [0.15, 0.2) is 35.1 Å². The van der Waals surface area contributed by atoms with Crippen LogP contribution in [0.1, 0.15) is 0 Å². The molecule has 1 heterocycles. The second-order valence-corrected chi connectivity index (χ2v) is 3.55. The lowest BCUT2D eigenvalue weighted by atomic mass is 10.2. The summed E-state index contributed by atoms with van der Waals surface area (Å²) in [5.74, 6) is -0.356. The minimum atomic E-state index is -0.356. The van der Waals surface area contributed by atoms with Crippen LogP contribution in [0.25, 0.3) is 10.8 Å². The Balaban J connectivity index is 2.86. The number of hydrogen-bond donors (Lipinski definition) is 0. The maximum atomic E-state index is 12.9. The lowest BCUT2D eigenvalue weighted by Gasteiger charge is -2.00. The maximum Gasteiger partial charge on any atom is 0.188 e. The molecule has 4 heteroatoms. The van der Waals surface area contributed by atoms with E-state index >= 15 is 0 Å². The predicted octanol–water partition coefficient (Wildman–Crippen LogP) is 2.37. The molecule has 0 fully saturated rings. The predicted molar refractivity (Wildman–Crippen MR) is 50.6 cm³/mol. The van der Waals surface area contributed by atoms with Gasteiger partial charge in [0.2, 0.25) is 0 Å². The molecule has 0 amide bonds. The van der Waals surface area contributed by atoms with E-state index in [1.165, 1.54) is 24.5 Å². The first kappa shape index (κ1) is 8.44. The van der Waals surface area contributed by atoms with E-state index < -0.39 is 0 Å². The van der Waals surface area contributed by atoms with Crippen molar-refractivity contribution in [2.45, 2.75) is 0 Å². The Hall–Kier alpha value is -1.16. The van der Waals surface area contributed by atoms with Gasteiger partial charge < -0.3 is 5.21 Å². The molecule has 13 heavy (non-hydrogen) atoms. The molecule has 0 spiro atoms. The minimum Gasteiger partial charge on any atom is -0.619 e. The van der Waals surface area contributed by atoms with Crippen molar-refractivity contribution in [3.05, 3.63) is 46.1 Å². The van der Waals surface area contributed by atoms with Crippen LogP contribution in [0, 0.1) is 11.0 Å². The van der Waals surface area contributed by atoms with E-state index in [4.69, 9.17) is 0 Å². The molecule has 2 nitrogen and oxygen atoms in total. The van der Waals surface area contributed by atoms with Crippen molar-refractivity contribution in [2.24, 2.45) is 0 Å². The van der Waals surface area contributed by atoms with Crippen LogP contribution in [0.3, 0.4) is 0 Å². The number of nitrogens with zero attached hydrogens (tertiary/aromatic N) is 1. The highest BCUT2D eigenvalue weighted by Gasteiger charge is 2.04. The van der Waals surface area contributed by atoms with Gasteiger partial charge >= 0.3 is 0 Å². The van der Waals surface area contributed by atoms with Crippen LogP contribution < -0.4 is 4.73 Å². The Kier molecular flexibility index (Phi) is 1.92. The van der Waals surface area contributed by atoms with Crippen molar-refractivity contribution >= 4 is 26.7 Å². The summed E-state index contributed by atoms with van der Waals surface area (Å²) in [6, 6.07) is 4.35. The third-order valence-electron chi connectivity index (χ3n) is 1.78. The van der Waals surface area contributed by atoms with Crippen molar-refractivity contribution in [2.75, 3.05) is 0 Å². The van der Waals surface area contributed by atoms with Gasteiger partial charge in [-0.1, -0.05) is 15.9 Å². The molecule has 0 aliphatic carbocycles. The summed E-state index contributed by atoms with van der Waals surface area (Å²) in [5, 5.41) is 12.3. The molecule has 2 aromatic rings. The molecule has 0 unspecified atom stereocenters. The molecule has 1 aromatic carbocycles. The molecule has 0 radical (unpaired) electrons. The zero-order valence-corrected chi connectivity index (χ0v) is 8.08. The van der Waals surface area contributed by atoms with Gasteiger partial charge in [-0.05, 0) is 12.1 Å². The highest BCUT2D eigenvalue weighted by Crippen LogP contribution is 2.23. The van der Waals surface area contributed by atoms with Crippen LogP contribution >= 0.6 is 15.9 Å². The molecule has 0 saturated heterocycles. The van der Waals surface area contributed by atoms with E-state index in [9.17, 15) is 9.60 Å². The van der Waals surface area contributed by atoms with Crippen molar-refractivity contribution in [1.82, 2.24) is 0 Å². The lowest BCUT2D eigenvalue weighted by Crippen LogP contribution is -2.23. The van der Waals surface area contributed by atoms with Gasteiger partial charge in [0.1, 0.15) is 5.82 Å². The first-order chi connectivity index (χ1) is 6.16. The molecule has 0 atom stereocenters. The van der Waals surface area contributed by atoms with Gasteiger partial charge in [-0.15, -0.1) is 0 Å². The average Bonchev–Trinajstić information content (AvgIpc) is 2.02. The highest BCUT2D eigenvalue weighted by atomic mass is 79.9. The number of pyridine rings is 1. The Bertz CT molecular complexity index is 467. The fourth-order valence-corrected chi connectivity index (χ4v) is 1.80. The number of hydrogen-bond acceptors (Lipinski definition) is 1. The zero-order chi connectivity index (χ0) is 9.42. The third kappa shape index (κ3) is 1.49. The van der Waals surface area contributed by atoms with Gasteiger partial charge in [0, 0.05) is 15.9 Å². The fraction of sp³-hybridized carbons (Fsp3) is 0. The quantitative estimate of drug-likeness (QED) is 0.514. The summed E-state index contributed by atoms with van der Waals surface area (Å²) in [7, 11) is 0. The van der Waals surface area contributed by atoms with Gasteiger partial charge in [0.05, 0.1) is 5.39 Å². The molecule has 66 valence electrons. The first-order valence-corrected chi connectivity index (χ1v) is 4.44. The van der Waals surface area contributed by atoms with E-state index in [2.05, 4.69) is 15.9 Å². The largest absolute Gasteiger partial charge is 0.619 e. The summed E-state index contributed by atoms with van der Waals surface area (Å²) in [4.78, 5) is 0. The Morgan fingerprint density at radius 3 is 2.92 bits per heavy atom. The van der Waals surface area contributed by atoms with E-state index in [1.54, 1.807) is 6.07 Å². The molecule has 0 aliphatic heterocycles. The zero-order valence-electron chi connectivity index (χ0n) is 6.50. The molecule has 1 aromatic heterocycles. The Labute approximate surface area is 82.3 Å². The summed E-state index contributed by atoms with van der Waals surface area (Å²) >= 11 is 3.22. The van der Waals surface area contributed by atoms with Crippen molar-refractivity contribution in [3.8, 4) is 0 Å². The lowest BCUT2D eigenvalue weighted by molar-refractivity contribution is -0.603. The van der Waals surface area contributed by atoms with Crippen LogP contribution in [0.4, 0.5) is 4.39 Å². The summed E-state index contributed by atoms with van der Waals surface area (Å²) in [6.45, 7) is 0. The van der Waals surface area contributed by atoms with Gasteiger partial charge in [-0.2, -0.15) is 4.73 Å². The second-order valence-electron chi connectivity index (χ2n) is 2.70. The highest BCUT2D eigenvalue weighted by molar-refractivity contribution is 9.10. The van der Waals surface area contributed by atoms with Gasteiger partial charge in [-0.3, -0.25) is 0 Å². The van der Waals surface area contributed by atoms with Crippen molar-refractivity contribution in [1.29, 1.82) is 0 Å². The summed E-state index contributed by atoms with van der Waals surface area (Å²) in [6.07, 6.45) is 2.72. The van der Waals surface area contributed by atoms with E-state index in [0.29, 0.717) is 14.6 Å². The van der Waals surface area contributed by atoms with E-state index in [-0.39, 0.29) is 5.82 Å². The normalized spacial score (nSPS) is 10.6. The van der Waals surface area contributed by atoms with Gasteiger partial charge in [-0.25, -0.2) is 4.39 Å². The topological polar surface area (TPSA) is 26.9 Å². The number of fused-ring (bicyclic) bond motifs is 1. The standard InChI is InChI=1S/C9H5BrFNO/c10-9-4-7(11)3-6-5-12(13)2-1-8(6)9/h1-5H. The molecule has 0 saturated carbocycles. The number of benzene rings is 1. The SMILES string of the molecule is [O-][n+]1ccc2c(Br)cc(F)cc2c1. The van der Waals surface area contributed by atoms with E-state index in [1.807, 2.05) is 0 Å². The van der Waals surface area contributed by atoms with Crippen LogP contribution in [0.5, 0.6) is 0 Å².